The van der Waals surface area contributed by atoms with Crippen LogP contribution in [0.2, 0.25) is 0 Å². The molecule has 1 aromatic carbocycles. The molecular weight excluding hydrogens is 350 g/mol. The molecule has 6 heteroatoms. The molecule has 152 valence electrons. The third-order valence-corrected chi connectivity index (χ3v) is 6.90. The molecule has 4 nitrogen and oxygen atoms in total. The lowest BCUT2D eigenvalue weighted by atomic mass is 9.61. The Morgan fingerprint density at radius 3 is 1.68 bits per heavy atom. The molecule has 0 amide bonds. The van der Waals surface area contributed by atoms with Gasteiger partial charge >= 0.3 is 14.2 Å². The minimum absolute atomic E-state index is 0.00812. The molecule has 0 saturated carbocycles. The molecule has 3 rings (SSSR count). The van der Waals surface area contributed by atoms with Gasteiger partial charge in [-0.15, -0.1) is 6.58 Å². The monoisotopic (exact) mass is 384 g/mol. The van der Waals surface area contributed by atoms with E-state index in [0.717, 1.165) is 5.47 Å². The lowest BCUT2D eigenvalue weighted by Crippen LogP contribution is -2.41. The summed E-state index contributed by atoms with van der Waals surface area (Å²) in [5, 5.41) is 0. The topological polar surface area (TPSA) is 36.9 Å². The minimum Gasteiger partial charge on any atom is -0.403 e. The van der Waals surface area contributed by atoms with Crippen LogP contribution in [0.25, 0.3) is 0 Å². The zero-order chi connectivity index (χ0) is 21.0. The predicted molar refractivity (Wildman–Crippen MR) is 115 cm³/mol. The van der Waals surface area contributed by atoms with Crippen LogP contribution >= 0.6 is 0 Å². The Morgan fingerprint density at radius 2 is 1.21 bits per heavy atom. The van der Waals surface area contributed by atoms with Gasteiger partial charge in [0.25, 0.3) is 0 Å². The van der Waals surface area contributed by atoms with Crippen LogP contribution in [0.1, 0.15) is 73.2 Å². The van der Waals surface area contributed by atoms with Crippen molar-refractivity contribution in [1.82, 2.24) is 0 Å². The summed E-state index contributed by atoms with van der Waals surface area (Å²) < 4.78 is 25.2. The highest BCUT2D eigenvalue weighted by molar-refractivity contribution is 6.55. The van der Waals surface area contributed by atoms with Gasteiger partial charge in [0.05, 0.1) is 22.4 Å². The molecule has 0 spiro atoms. The number of hydrogen-bond acceptors (Lipinski definition) is 4. The van der Waals surface area contributed by atoms with Crippen molar-refractivity contribution in [2.24, 2.45) is 0 Å². The first-order valence-corrected chi connectivity index (χ1v) is 10.2. The van der Waals surface area contributed by atoms with E-state index in [4.69, 9.17) is 18.6 Å². The molecule has 2 aliphatic rings. The molecule has 2 fully saturated rings. The minimum atomic E-state index is -0.432. The number of rotatable bonds is 5. The van der Waals surface area contributed by atoms with Gasteiger partial charge in [-0.05, 0) is 72.8 Å². The van der Waals surface area contributed by atoms with Crippen LogP contribution in [0.5, 0.6) is 0 Å². The van der Waals surface area contributed by atoms with E-state index in [1.165, 1.54) is 5.56 Å². The normalized spacial score (nSPS) is 25.7. The third-order valence-electron chi connectivity index (χ3n) is 6.90. The molecule has 2 aliphatic heterocycles. The van der Waals surface area contributed by atoms with Crippen molar-refractivity contribution in [3.63, 3.8) is 0 Å². The van der Waals surface area contributed by atoms with Gasteiger partial charge in [-0.25, -0.2) is 0 Å². The summed E-state index contributed by atoms with van der Waals surface area (Å²) in [6.07, 6.45) is 0.664. The maximum atomic E-state index is 6.38. The maximum absolute atomic E-state index is 6.38. The second kappa shape index (κ2) is 7.02. The van der Waals surface area contributed by atoms with E-state index >= 15 is 0 Å². The van der Waals surface area contributed by atoms with Gasteiger partial charge < -0.3 is 18.6 Å². The Hall–Kier alpha value is -1.07. The van der Waals surface area contributed by atoms with Gasteiger partial charge in [-0.1, -0.05) is 30.3 Å². The van der Waals surface area contributed by atoms with E-state index in [1.54, 1.807) is 0 Å². The van der Waals surface area contributed by atoms with Gasteiger partial charge in [0, 0.05) is 5.82 Å². The first kappa shape index (κ1) is 21.6. The Balaban J connectivity index is 1.83. The molecule has 0 aromatic heterocycles. The van der Waals surface area contributed by atoms with E-state index in [-0.39, 0.29) is 35.3 Å². The van der Waals surface area contributed by atoms with Gasteiger partial charge in [0.1, 0.15) is 0 Å². The highest BCUT2D eigenvalue weighted by Gasteiger charge is 2.56. The average molecular weight is 384 g/mol. The predicted octanol–water partition coefficient (Wildman–Crippen LogP) is 4.98. The summed E-state index contributed by atoms with van der Waals surface area (Å²) in [4.78, 5) is 0. The van der Waals surface area contributed by atoms with Crippen LogP contribution in [0, 0.1) is 0 Å². The van der Waals surface area contributed by atoms with Crippen LogP contribution in [-0.4, -0.2) is 36.6 Å². The molecule has 2 saturated heterocycles. The summed E-state index contributed by atoms with van der Waals surface area (Å²) >= 11 is 0. The largest absolute Gasteiger partial charge is 0.489 e. The average Bonchev–Trinajstić information content (AvgIpc) is 2.93. The van der Waals surface area contributed by atoms with Gasteiger partial charge in [-0.2, -0.15) is 0 Å². The SMILES string of the molecule is C=C(CC(B1OC(C)(C)C(C)(C)O1)c1ccccc1)B1OC(C)(C)C(C)(C)O1. The molecule has 0 radical (unpaired) electrons. The molecule has 2 heterocycles. The van der Waals surface area contributed by atoms with Crippen molar-refractivity contribution in [2.45, 2.75) is 90.0 Å². The van der Waals surface area contributed by atoms with Crippen molar-refractivity contribution in [3.8, 4) is 0 Å². The van der Waals surface area contributed by atoms with Crippen molar-refractivity contribution >= 4 is 14.2 Å². The summed E-state index contributed by atoms with van der Waals surface area (Å²) in [7, 11) is -0.787. The van der Waals surface area contributed by atoms with Gasteiger partial charge in [0.2, 0.25) is 0 Å². The maximum Gasteiger partial charge on any atom is 0.489 e. The van der Waals surface area contributed by atoms with Crippen LogP contribution < -0.4 is 0 Å². The highest BCUT2D eigenvalue weighted by Crippen LogP contribution is 2.44. The standard InChI is InChI=1S/C22H34B2O4/c1-16(23-25-19(2,3)20(4,5)26-23)15-18(17-13-11-10-12-14-17)24-27-21(6,7)22(8,9)28-24/h10-14,18H,1,15H2,2-9H3. The molecule has 0 N–H and O–H groups in total. The quantitative estimate of drug-likeness (QED) is 0.672. The molecule has 1 aromatic rings. The fraction of sp³-hybridized carbons (Fsp3) is 0.636. The number of allylic oxidation sites excluding steroid dienone is 1. The van der Waals surface area contributed by atoms with Crippen molar-refractivity contribution in [1.29, 1.82) is 0 Å². The first-order chi connectivity index (χ1) is 12.8. The summed E-state index contributed by atoms with van der Waals surface area (Å²) in [5.74, 6) is 0.00812. The van der Waals surface area contributed by atoms with Crippen molar-refractivity contribution in [3.05, 3.63) is 47.9 Å². The Morgan fingerprint density at radius 1 is 0.786 bits per heavy atom. The van der Waals surface area contributed by atoms with E-state index in [2.05, 4.69) is 74.1 Å². The molecule has 1 atom stereocenters. The van der Waals surface area contributed by atoms with E-state index in [1.807, 2.05) is 18.2 Å². The molecular formula is C22H34B2O4. The molecule has 0 bridgehead atoms. The second-order valence-corrected chi connectivity index (χ2v) is 10.1. The van der Waals surface area contributed by atoms with Crippen LogP contribution in [0.4, 0.5) is 0 Å². The molecule has 0 aliphatic carbocycles. The summed E-state index contributed by atoms with van der Waals surface area (Å²) in [6, 6.07) is 10.4. The van der Waals surface area contributed by atoms with Crippen molar-refractivity contribution < 1.29 is 18.6 Å². The number of benzene rings is 1. The lowest BCUT2D eigenvalue weighted by molar-refractivity contribution is 0.00578. The Kier molecular flexibility index (Phi) is 5.42. The lowest BCUT2D eigenvalue weighted by Gasteiger charge is -2.32. The van der Waals surface area contributed by atoms with E-state index < -0.39 is 7.12 Å². The van der Waals surface area contributed by atoms with Crippen LogP contribution in [0.15, 0.2) is 42.4 Å². The highest BCUT2D eigenvalue weighted by atomic mass is 16.7. The zero-order valence-electron chi connectivity index (χ0n) is 18.7. The third kappa shape index (κ3) is 3.85. The second-order valence-electron chi connectivity index (χ2n) is 10.1. The fourth-order valence-corrected chi connectivity index (χ4v) is 3.51. The molecule has 28 heavy (non-hydrogen) atoms. The van der Waals surface area contributed by atoms with Crippen LogP contribution in [0.3, 0.4) is 0 Å². The Bertz CT molecular complexity index is 695. The van der Waals surface area contributed by atoms with Gasteiger partial charge in [0.15, 0.2) is 0 Å². The Labute approximate surface area is 171 Å². The number of hydrogen-bond donors (Lipinski definition) is 0. The molecule has 1 unspecified atom stereocenters. The summed E-state index contributed by atoms with van der Waals surface area (Å²) in [6.45, 7) is 20.9. The van der Waals surface area contributed by atoms with Crippen molar-refractivity contribution in [2.75, 3.05) is 0 Å². The fourth-order valence-electron chi connectivity index (χ4n) is 3.51. The summed E-state index contributed by atoms with van der Waals surface area (Å²) in [5.41, 5.74) is 0.550. The van der Waals surface area contributed by atoms with E-state index in [9.17, 15) is 0 Å². The smallest absolute Gasteiger partial charge is 0.403 e. The van der Waals surface area contributed by atoms with Crippen LogP contribution in [-0.2, 0) is 18.6 Å². The first-order valence-electron chi connectivity index (χ1n) is 10.2. The zero-order valence-corrected chi connectivity index (χ0v) is 18.7. The van der Waals surface area contributed by atoms with E-state index in [0.29, 0.717) is 6.42 Å². The van der Waals surface area contributed by atoms with Gasteiger partial charge in [-0.3, -0.25) is 0 Å².